The first-order valence-electron chi connectivity index (χ1n) is 25.0. The van der Waals surface area contributed by atoms with Crippen LogP contribution in [0.15, 0.2) is 68.2 Å². The van der Waals surface area contributed by atoms with Gasteiger partial charge in [0.1, 0.15) is 42.7 Å². The summed E-state index contributed by atoms with van der Waals surface area (Å²) in [6.45, 7) is 2.13. The zero-order valence-electron chi connectivity index (χ0n) is 41.1. The highest BCUT2D eigenvalue weighted by Crippen LogP contribution is 2.46. The Hall–Kier alpha value is -4.20. The van der Waals surface area contributed by atoms with Crippen molar-refractivity contribution in [1.82, 2.24) is 5.32 Å². The molecule has 14 atom stereocenters. The Morgan fingerprint density at radius 3 is 2.51 bits per heavy atom. The lowest BCUT2D eigenvalue weighted by Crippen LogP contribution is -3.14. The van der Waals surface area contributed by atoms with Crippen molar-refractivity contribution in [2.24, 2.45) is 56.8 Å². The number of allylic oxidation sites excluding steroid dienone is 2. The lowest BCUT2D eigenvalue weighted by atomic mass is 9.76. The molecule has 0 aromatic rings. The van der Waals surface area contributed by atoms with Gasteiger partial charge in [0.2, 0.25) is 12.1 Å². The highest BCUT2D eigenvalue weighted by atomic mass is 33.1. The SMILES string of the molecule is CC(C)OC1C(OC2OC=C3C(=O)OC4CCC(CO)C4CSSC4C(CCN=C(N)N)C#CC(=CC5=C(NC(N)=NCCCO)C(C(=O)O)=C[NH+](C5)C4CO)C3C2C=C2CCCC2)OC(CO)C(O)C1(O)O. The van der Waals surface area contributed by atoms with Crippen LogP contribution in [-0.2, 0) is 33.3 Å². The van der Waals surface area contributed by atoms with Crippen LogP contribution >= 0.6 is 21.6 Å². The zero-order chi connectivity index (χ0) is 52.6. The minimum Gasteiger partial charge on any atom is -0.477 e. The van der Waals surface area contributed by atoms with Crippen molar-refractivity contribution >= 4 is 45.4 Å². The second-order valence-corrected chi connectivity index (χ2v) is 22.3. The van der Waals surface area contributed by atoms with Gasteiger partial charge in [-0.2, -0.15) is 0 Å². The summed E-state index contributed by atoms with van der Waals surface area (Å²) >= 11 is 0. The molecule has 4 bridgehead atoms. The minimum absolute atomic E-state index is 0.0282. The third-order valence-electron chi connectivity index (χ3n) is 14.4. The normalized spacial score (nSPS) is 34.5. The largest absolute Gasteiger partial charge is 0.477 e. The molecule has 7 rings (SSSR count). The van der Waals surface area contributed by atoms with Gasteiger partial charge in [-0.25, -0.2) is 9.59 Å². The van der Waals surface area contributed by atoms with E-state index in [1.807, 2.05) is 6.08 Å². The summed E-state index contributed by atoms with van der Waals surface area (Å²) in [7, 11) is 2.97. The number of aliphatic hydroxyl groups excluding tert-OH is 5. The first-order valence-corrected chi connectivity index (χ1v) is 27.3. The number of carbonyl (C=O) groups is 2. The number of carbonyl (C=O) groups excluding carboxylic acids is 1. The summed E-state index contributed by atoms with van der Waals surface area (Å²) in [5, 5.41) is 89.1. The number of carboxylic acid groups (broad SMARTS) is 1. The van der Waals surface area contributed by atoms with E-state index in [4.69, 9.17) is 40.9 Å². The van der Waals surface area contributed by atoms with E-state index in [2.05, 4.69) is 27.1 Å². The maximum atomic E-state index is 15.2. The van der Waals surface area contributed by atoms with Crippen LogP contribution in [-0.4, -0.2) is 177 Å². The average molecular weight is 1060 g/mol. The van der Waals surface area contributed by atoms with Gasteiger partial charge in [0.25, 0.3) is 0 Å². The number of hydrogen-bond acceptors (Lipinski definition) is 18. The highest BCUT2D eigenvalue weighted by molar-refractivity contribution is 8.77. The van der Waals surface area contributed by atoms with Gasteiger partial charge in [-0.1, -0.05) is 45.1 Å². The number of quaternary nitrogens is 1. The molecule has 5 aliphatic heterocycles. The molecule has 24 heteroatoms. The van der Waals surface area contributed by atoms with Gasteiger partial charge in [0.05, 0.1) is 48.0 Å². The van der Waals surface area contributed by atoms with Crippen LogP contribution in [0.2, 0.25) is 0 Å². The summed E-state index contributed by atoms with van der Waals surface area (Å²) in [6, 6.07) is -0.662. The Kier molecular flexibility index (Phi) is 19.8. The molecule has 0 amide bonds. The van der Waals surface area contributed by atoms with Crippen molar-refractivity contribution < 1.29 is 79.0 Å². The second-order valence-electron chi connectivity index (χ2n) is 19.7. The zero-order valence-corrected chi connectivity index (χ0v) is 42.7. The molecule has 0 aromatic carbocycles. The number of aliphatic carboxylic acids is 1. The number of esters is 1. The Balaban J connectivity index is 1.51. The van der Waals surface area contributed by atoms with E-state index in [-0.39, 0.29) is 85.6 Å². The second kappa shape index (κ2) is 25.6. The number of nitrogens with one attached hydrogen (secondary N) is 2. The van der Waals surface area contributed by atoms with Gasteiger partial charge < -0.3 is 87.1 Å². The molecule has 7 aliphatic rings. The minimum atomic E-state index is -2.99. The van der Waals surface area contributed by atoms with E-state index in [1.54, 1.807) is 19.9 Å². The van der Waals surface area contributed by atoms with Crippen LogP contribution in [0.3, 0.4) is 0 Å². The Bertz CT molecular complexity index is 2270. The third kappa shape index (κ3) is 13.3. The van der Waals surface area contributed by atoms with Gasteiger partial charge in [0, 0.05) is 61.0 Å². The number of rotatable bonds is 16. The maximum Gasteiger partial charge on any atom is 0.343 e. The lowest BCUT2D eigenvalue weighted by molar-refractivity contribution is -0.870. The smallest absolute Gasteiger partial charge is 0.343 e. The molecule has 14 unspecified atom stereocenters. The van der Waals surface area contributed by atoms with E-state index in [1.165, 1.54) is 34.0 Å². The molecule has 16 N–H and O–H groups in total. The van der Waals surface area contributed by atoms with E-state index >= 15 is 4.79 Å². The molecular formula is C49H72N7O15S2+. The van der Waals surface area contributed by atoms with Crippen LogP contribution in [0.1, 0.15) is 65.2 Å². The number of fused-ring (bicyclic) bond motifs is 8. The number of guanidine groups is 2. The molecule has 5 heterocycles. The molecule has 3 fully saturated rings. The van der Waals surface area contributed by atoms with Gasteiger partial charge in [-0.05, 0) is 77.2 Å². The monoisotopic (exact) mass is 1060 g/mol. The summed E-state index contributed by atoms with van der Waals surface area (Å²) < 4.78 is 31.5. The average Bonchev–Trinajstić information content (AvgIpc) is 4.01. The van der Waals surface area contributed by atoms with E-state index in [0.717, 1.165) is 18.4 Å². The van der Waals surface area contributed by atoms with Crippen LogP contribution in [0.5, 0.6) is 0 Å². The summed E-state index contributed by atoms with van der Waals surface area (Å²) in [6.07, 6.45) is 1.49. The molecule has 0 radical (unpaired) electrons. The van der Waals surface area contributed by atoms with Crippen molar-refractivity contribution in [3.05, 3.63) is 58.2 Å². The number of nitrogens with two attached hydrogens (primary N) is 3. The van der Waals surface area contributed by atoms with E-state index in [9.17, 15) is 45.6 Å². The fourth-order valence-electron chi connectivity index (χ4n) is 10.7. The fraction of sp³-hybridized carbons (Fsp3) is 0.673. The number of aliphatic hydroxyl groups is 7. The van der Waals surface area contributed by atoms with E-state index in [0.29, 0.717) is 54.8 Å². The summed E-state index contributed by atoms with van der Waals surface area (Å²) in [5.74, 6) is -1.07. The van der Waals surface area contributed by atoms with Crippen molar-refractivity contribution in [3.63, 3.8) is 0 Å². The third-order valence-corrected chi connectivity index (χ3v) is 17.4. The van der Waals surface area contributed by atoms with Crippen molar-refractivity contribution in [3.8, 4) is 11.8 Å². The standard InChI is InChI=1S/C49H71N7O15S2/c1-25(2)68-42-46(70-37(22-60)41(61)49(42,65)66)71-45-31(16-26-6-3-4-7-26)38-28-9-8-27(12-14-53-47(50)51)40(73-72-24-34-29(20-58)10-11-36(34)69-44(64)33(38)23-67-45)35(21-59)56-18-30(17-28)39(32(19-56)43(62)63)55-48(52)54-13-5-15-57/h16-17,19,23,25,27,29,31,34-38,40-42,45-46,57-61,65-66H,3-7,10-15,18,20-22,24H2,1-2H3,(H,62,63)(H4,50,51,53)(H3,52,54,55)/p+1. The molecule has 22 nitrogen and oxygen atoms in total. The van der Waals surface area contributed by atoms with Crippen LogP contribution in [0.4, 0.5) is 0 Å². The van der Waals surface area contributed by atoms with E-state index < -0.39 is 96.5 Å². The summed E-state index contributed by atoms with van der Waals surface area (Å²) in [4.78, 5) is 37.8. The van der Waals surface area contributed by atoms with Gasteiger partial charge >= 0.3 is 11.9 Å². The molecule has 0 aromatic heterocycles. The predicted molar refractivity (Wildman–Crippen MR) is 269 cm³/mol. The summed E-state index contributed by atoms with van der Waals surface area (Å²) in [5.41, 5.74) is 19.6. The number of carboxylic acids is 1. The molecular weight excluding hydrogens is 991 g/mol. The molecule has 0 spiro atoms. The molecule has 1 saturated heterocycles. The number of nitrogens with zero attached hydrogens (tertiary/aromatic N) is 2. The van der Waals surface area contributed by atoms with Crippen molar-refractivity contribution in [1.29, 1.82) is 0 Å². The predicted octanol–water partition coefficient (Wildman–Crippen LogP) is -1.79. The first-order chi connectivity index (χ1) is 35.0. The molecule has 73 heavy (non-hydrogen) atoms. The lowest BCUT2D eigenvalue weighted by Gasteiger charge is -2.48. The number of hydrogen-bond donors (Lipinski definition) is 13. The molecule has 2 aliphatic carbocycles. The van der Waals surface area contributed by atoms with Crippen LogP contribution < -0.4 is 27.4 Å². The molecule has 404 valence electrons. The van der Waals surface area contributed by atoms with Crippen molar-refractivity contribution in [2.45, 2.75) is 125 Å². The van der Waals surface area contributed by atoms with Crippen LogP contribution in [0.25, 0.3) is 0 Å². The number of aliphatic imine (C=N–C) groups is 2. The van der Waals surface area contributed by atoms with Crippen molar-refractivity contribution in [2.75, 3.05) is 51.8 Å². The highest BCUT2D eigenvalue weighted by Gasteiger charge is 2.58. The topological polar surface area (TPSA) is 361 Å². The Morgan fingerprint density at radius 2 is 1.84 bits per heavy atom. The quantitative estimate of drug-likeness (QED) is 0.0119. The molecule has 2 saturated carbocycles. The van der Waals surface area contributed by atoms with Gasteiger partial charge in [0.15, 0.2) is 24.3 Å². The Morgan fingerprint density at radius 1 is 1.07 bits per heavy atom. The van der Waals surface area contributed by atoms with Gasteiger partial charge in [-0.3, -0.25) is 14.9 Å². The fourth-order valence-corrected chi connectivity index (χ4v) is 14.3. The first kappa shape index (κ1) is 56.5. The van der Waals surface area contributed by atoms with Crippen LogP contribution in [0, 0.1) is 41.4 Å². The maximum absolute atomic E-state index is 15.2. The van der Waals surface area contributed by atoms with Gasteiger partial charge in [-0.15, -0.1) is 0 Å². The Labute approximate surface area is 432 Å². The number of ether oxygens (including phenoxy) is 5.